The predicted octanol–water partition coefficient (Wildman–Crippen LogP) is 4.22. The summed E-state index contributed by atoms with van der Waals surface area (Å²) < 4.78 is 5.04. The van der Waals surface area contributed by atoms with E-state index in [-0.39, 0.29) is 32.6 Å². The Bertz CT molecular complexity index is 829. The summed E-state index contributed by atoms with van der Waals surface area (Å²) in [5, 5.41) is -0.417. The van der Waals surface area contributed by atoms with Gasteiger partial charge in [-0.1, -0.05) is 53.0 Å². The standard InChI is InChI=1S/C17H16Cl3N3O3/c1-9(2)23(10-6-4-3-5-7-10)11(24)8-26-17(25)15-12(18)14(21)13(19)16(20)22-15/h3-7,9H,8H2,1-2H3,(H2,21,22). The number of nitrogen functional groups attached to an aromatic ring is 1. The quantitative estimate of drug-likeness (QED) is 0.582. The molecule has 0 saturated carbocycles. The number of halogens is 3. The summed E-state index contributed by atoms with van der Waals surface area (Å²) in [5.41, 5.74) is 5.98. The molecule has 9 heteroatoms. The first-order chi connectivity index (χ1) is 12.2. The summed E-state index contributed by atoms with van der Waals surface area (Å²) in [4.78, 5) is 30.0. The molecule has 0 radical (unpaired) electrons. The monoisotopic (exact) mass is 415 g/mol. The summed E-state index contributed by atoms with van der Waals surface area (Å²) >= 11 is 17.6. The van der Waals surface area contributed by atoms with Crippen LogP contribution in [0.3, 0.4) is 0 Å². The smallest absolute Gasteiger partial charge is 0.359 e. The van der Waals surface area contributed by atoms with Crippen molar-refractivity contribution in [2.75, 3.05) is 17.2 Å². The zero-order valence-corrected chi connectivity index (χ0v) is 16.3. The Hall–Kier alpha value is -2.02. The topological polar surface area (TPSA) is 85.5 Å². The Morgan fingerprint density at radius 3 is 2.35 bits per heavy atom. The Labute approximate surface area is 165 Å². The van der Waals surface area contributed by atoms with Crippen LogP contribution in [0.2, 0.25) is 15.2 Å². The van der Waals surface area contributed by atoms with Crippen LogP contribution in [0.4, 0.5) is 11.4 Å². The second kappa shape index (κ2) is 8.58. The normalized spacial score (nSPS) is 10.7. The summed E-state index contributed by atoms with van der Waals surface area (Å²) in [6.07, 6.45) is 0. The molecule has 0 aliphatic rings. The number of pyridine rings is 1. The van der Waals surface area contributed by atoms with Gasteiger partial charge in [0.15, 0.2) is 17.5 Å². The molecule has 0 fully saturated rings. The molecule has 2 N–H and O–H groups in total. The average molecular weight is 417 g/mol. The largest absolute Gasteiger partial charge is 0.451 e. The Kier molecular flexibility index (Phi) is 6.69. The van der Waals surface area contributed by atoms with Gasteiger partial charge in [0.1, 0.15) is 5.02 Å². The van der Waals surface area contributed by atoms with Crippen molar-refractivity contribution in [3.8, 4) is 0 Å². The maximum absolute atomic E-state index is 12.5. The van der Waals surface area contributed by atoms with E-state index in [0.29, 0.717) is 5.69 Å². The molecule has 1 amide bonds. The lowest BCUT2D eigenvalue weighted by atomic mass is 10.2. The van der Waals surface area contributed by atoms with Crippen LogP contribution in [0.25, 0.3) is 0 Å². The van der Waals surface area contributed by atoms with Crippen molar-refractivity contribution in [2.24, 2.45) is 0 Å². The molecule has 1 aromatic heterocycles. The molecule has 0 bridgehead atoms. The van der Waals surface area contributed by atoms with Gasteiger partial charge < -0.3 is 15.4 Å². The average Bonchev–Trinajstić information content (AvgIpc) is 2.61. The zero-order chi connectivity index (χ0) is 19.4. The Morgan fingerprint density at radius 1 is 1.15 bits per heavy atom. The molecule has 0 aliphatic heterocycles. The lowest BCUT2D eigenvalue weighted by Gasteiger charge is -2.26. The van der Waals surface area contributed by atoms with E-state index in [1.807, 2.05) is 32.0 Å². The second-order valence-corrected chi connectivity index (χ2v) is 6.68. The minimum atomic E-state index is -0.926. The summed E-state index contributed by atoms with van der Waals surface area (Å²) in [6.45, 7) is 3.21. The van der Waals surface area contributed by atoms with Crippen molar-refractivity contribution in [3.05, 3.63) is 51.2 Å². The number of amides is 1. The molecule has 2 rings (SSSR count). The highest BCUT2D eigenvalue weighted by Crippen LogP contribution is 2.34. The molecule has 1 heterocycles. The number of ether oxygens (including phenoxy) is 1. The van der Waals surface area contributed by atoms with E-state index in [0.717, 1.165) is 0 Å². The molecular formula is C17H16Cl3N3O3. The molecule has 26 heavy (non-hydrogen) atoms. The minimum absolute atomic E-state index is 0.0562. The van der Waals surface area contributed by atoms with Crippen LogP contribution in [-0.2, 0) is 9.53 Å². The third kappa shape index (κ3) is 4.38. The van der Waals surface area contributed by atoms with Crippen molar-refractivity contribution in [1.29, 1.82) is 0 Å². The number of para-hydroxylation sites is 1. The fourth-order valence-corrected chi connectivity index (χ4v) is 2.84. The molecule has 6 nitrogen and oxygen atoms in total. The van der Waals surface area contributed by atoms with Crippen molar-refractivity contribution < 1.29 is 14.3 Å². The first-order valence-electron chi connectivity index (χ1n) is 7.58. The van der Waals surface area contributed by atoms with E-state index in [1.54, 1.807) is 12.1 Å². The van der Waals surface area contributed by atoms with Gasteiger partial charge in [0.25, 0.3) is 5.91 Å². The maximum atomic E-state index is 12.5. The number of aromatic nitrogens is 1. The zero-order valence-electron chi connectivity index (χ0n) is 14.0. The van der Waals surface area contributed by atoms with Crippen LogP contribution in [0.1, 0.15) is 24.3 Å². The number of carbonyl (C=O) groups is 2. The van der Waals surface area contributed by atoms with Crippen molar-refractivity contribution in [1.82, 2.24) is 4.98 Å². The van der Waals surface area contributed by atoms with Crippen LogP contribution < -0.4 is 10.6 Å². The van der Waals surface area contributed by atoms with Crippen LogP contribution in [0, 0.1) is 0 Å². The lowest BCUT2D eigenvalue weighted by molar-refractivity contribution is -0.122. The number of nitrogens with zero attached hydrogens (tertiary/aromatic N) is 2. The highest BCUT2D eigenvalue weighted by Gasteiger charge is 2.24. The number of nitrogens with two attached hydrogens (primary N) is 1. The van der Waals surface area contributed by atoms with Gasteiger partial charge in [0.05, 0.1) is 10.7 Å². The third-order valence-corrected chi connectivity index (χ3v) is 4.55. The van der Waals surface area contributed by atoms with Crippen LogP contribution >= 0.6 is 34.8 Å². The van der Waals surface area contributed by atoms with Crippen LogP contribution in [0.15, 0.2) is 30.3 Å². The summed E-state index contributed by atoms with van der Waals surface area (Å²) in [7, 11) is 0. The molecule has 138 valence electrons. The Morgan fingerprint density at radius 2 is 1.77 bits per heavy atom. The molecule has 0 atom stereocenters. The fraction of sp³-hybridized carbons (Fsp3) is 0.235. The number of carbonyl (C=O) groups excluding carboxylic acids is 2. The van der Waals surface area contributed by atoms with Crippen molar-refractivity contribution in [2.45, 2.75) is 19.9 Å². The van der Waals surface area contributed by atoms with Crippen molar-refractivity contribution >= 4 is 58.1 Å². The van der Waals surface area contributed by atoms with Gasteiger partial charge in [-0.15, -0.1) is 0 Å². The molecule has 2 aromatic rings. The van der Waals surface area contributed by atoms with Gasteiger partial charge >= 0.3 is 5.97 Å². The highest BCUT2D eigenvalue weighted by molar-refractivity contribution is 6.46. The van der Waals surface area contributed by atoms with E-state index in [9.17, 15) is 9.59 Å². The molecule has 0 aliphatic carbocycles. The Balaban J connectivity index is 2.15. The molecule has 0 unspecified atom stereocenters. The molecular weight excluding hydrogens is 401 g/mol. The minimum Gasteiger partial charge on any atom is -0.451 e. The fourth-order valence-electron chi connectivity index (χ4n) is 2.25. The van der Waals surface area contributed by atoms with E-state index in [1.165, 1.54) is 4.90 Å². The van der Waals surface area contributed by atoms with Gasteiger partial charge in [0, 0.05) is 11.7 Å². The lowest BCUT2D eigenvalue weighted by Crippen LogP contribution is -2.40. The molecule has 1 aromatic carbocycles. The van der Waals surface area contributed by atoms with Gasteiger partial charge in [-0.05, 0) is 26.0 Å². The van der Waals surface area contributed by atoms with E-state index < -0.39 is 18.5 Å². The summed E-state index contributed by atoms with van der Waals surface area (Å²) in [6, 6.07) is 8.91. The number of hydrogen-bond acceptors (Lipinski definition) is 5. The number of hydrogen-bond donors (Lipinski definition) is 1. The number of anilines is 2. The van der Waals surface area contributed by atoms with E-state index >= 15 is 0 Å². The van der Waals surface area contributed by atoms with Crippen LogP contribution in [0.5, 0.6) is 0 Å². The van der Waals surface area contributed by atoms with Gasteiger partial charge in [-0.3, -0.25) is 4.79 Å². The van der Waals surface area contributed by atoms with Gasteiger partial charge in [-0.25, -0.2) is 9.78 Å². The molecule has 0 saturated heterocycles. The second-order valence-electron chi connectivity index (χ2n) is 5.56. The van der Waals surface area contributed by atoms with Crippen molar-refractivity contribution in [3.63, 3.8) is 0 Å². The van der Waals surface area contributed by atoms with Gasteiger partial charge in [-0.2, -0.15) is 0 Å². The third-order valence-electron chi connectivity index (χ3n) is 3.41. The number of esters is 1. The summed E-state index contributed by atoms with van der Waals surface area (Å²) in [5.74, 6) is -1.32. The predicted molar refractivity (Wildman–Crippen MR) is 103 cm³/mol. The first-order valence-corrected chi connectivity index (χ1v) is 8.71. The van der Waals surface area contributed by atoms with E-state index in [2.05, 4.69) is 4.98 Å². The highest BCUT2D eigenvalue weighted by atomic mass is 35.5. The van der Waals surface area contributed by atoms with Crippen LogP contribution in [-0.4, -0.2) is 29.5 Å². The maximum Gasteiger partial charge on any atom is 0.359 e. The first kappa shape index (κ1) is 20.3. The van der Waals surface area contributed by atoms with Gasteiger partial charge in [0.2, 0.25) is 0 Å². The SMILES string of the molecule is CC(C)N(C(=O)COC(=O)c1nc(Cl)c(Cl)c(N)c1Cl)c1ccccc1. The molecule has 0 spiro atoms. The number of rotatable bonds is 5. The number of benzene rings is 1. The van der Waals surface area contributed by atoms with E-state index in [4.69, 9.17) is 45.3 Å².